The summed E-state index contributed by atoms with van der Waals surface area (Å²) in [5.41, 5.74) is 1.18. The van der Waals surface area contributed by atoms with E-state index in [1.165, 1.54) is 26.0 Å². The Morgan fingerprint density at radius 3 is 2.58 bits per heavy atom. The van der Waals surface area contributed by atoms with Crippen LogP contribution in [-0.2, 0) is 10.0 Å². The molecular weight excluding hydrogens is 352 g/mol. The minimum Gasteiger partial charge on any atom is -0.497 e. The number of para-hydroxylation sites is 1. The molecule has 0 radical (unpaired) electrons. The third kappa shape index (κ3) is 4.11. The number of hydrogen-bond acceptors (Lipinski definition) is 5. The van der Waals surface area contributed by atoms with Gasteiger partial charge in [0.1, 0.15) is 16.4 Å². The highest BCUT2D eigenvalue weighted by molar-refractivity contribution is 7.89. The molecule has 1 aliphatic rings. The lowest BCUT2D eigenvalue weighted by molar-refractivity contribution is 0.385. The summed E-state index contributed by atoms with van der Waals surface area (Å²) in [5, 5.41) is 0. The fraction of sp³-hybridized carbons (Fsp3) is 0.368. The molecule has 1 aliphatic heterocycles. The van der Waals surface area contributed by atoms with E-state index in [1.54, 1.807) is 12.1 Å². The minimum atomic E-state index is -3.65. The second-order valence-corrected chi connectivity index (χ2v) is 8.04. The molecule has 140 valence electrons. The first kappa shape index (κ1) is 18.5. The second-order valence-electron chi connectivity index (χ2n) is 6.30. The predicted molar refractivity (Wildman–Crippen MR) is 101 cm³/mol. The maximum atomic E-state index is 12.7. The van der Waals surface area contributed by atoms with Crippen LogP contribution in [0.1, 0.15) is 6.42 Å². The Hall–Kier alpha value is -2.25. The maximum absolute atomic E-state index is 12.7. The molecule has 2 aromatic carbocycles. The molecule has 26 heavy (non-hydrogen) atoms. The number of hydrogen-bond donors (Lipinski definition) is 1. The van der Waals surface area contributed by atoms with Gasteiger partial charge in [-0.25, -0.2) is 13.1 Å². The number of anilines is 1. The summed E-state index contributed by atoms with van der Waals surface area (Å²) in [6.45, 7) is 2.18. The van der Waals surface area contributed by atoms with Crippen LogP contribution in [-0.4, -0.2) is 42.3 Å². The zero-order chi connectivity index (χ0) is 18.6. The van der Waals surface area contributed by atoms with Gasteiger partial charge in [0.2, 0.25) is 10.0 Å². The molecule has 3 rings (SSSR count). The highest BCUT2D eigenvalue weighted by atomic mass is 32.2. The number of ether oxygens (including phenoxy) is 2. The van der Waals surface area contributed by atoms with Crippen molar-refractivity contribution < 1.29 is 17.9 Å². The molecule has 2 aromatic rings. The van der Waals surface area contributed by atoms with Crippen molar-refractivity contribution in [3.05, 3.63) is 48.5 Å². The normalized spacial score (nSPS) is 17.3. The lowest BCUT2D eigenvalue weighted by Crippen LogP contribution is -2.31. The first-order valence-electron chi connectivity index (χ1n) is 8.55. The Kier molecular flexibility index (Phi) is 5.68. The van der Waals surface area contributed by atoms with Crippen molar-refractivity contribution in [1.82, 2.24) is 4.72 Å². The molecule has 7 heteroatoms. The van der Waals surface area contributed by atoms with E-state index in [1.807, 2.05) is 18.2 Å². The Bertz CT molecular complexity index is 840. The fourth-order valence-electron chi connectivity index (χ4n) is 3.17. The number of benzene rings is 2. The third-order valence-corrected chi connectivity index (χ3v) is 6.09. The first-order valence-corrected chi connectivity index (χ1v) is 10.0. The maximum Gasteiger partial charge on any atom is 0.244 e. The number of nitrogens with one attached hydrogen (secondary N) is 1. The Morgan fingerprint density at radius 1 is 1.12 bits per heavy atom. The molecule has 1 saturated heterocycles. The molecule has 1 N–H and O–H groups in total. The van der Waals surface area contributed by atoms with Crippen molar-refractivity contribution in [1.29, 1.82) is 0 Å². The summed E-state index contributed by atoms with van der Waals surface area (Å²) in [6, 6.07) is 14.9. The van der Waals surface area contributed by atoms with Crippen molar-refractivity contribution in [2.75, 3.05) is 38.8 Å². The van der Waals surface area contributed by atoms with E-state index in [2.05, 4.69) is 21.8 Å². The molecule has 0 aliphatic carbocycles. The van der Waals surface area contributed by atoms with Crippen LogP contribution in [0.3, 0.4) is 0 Å². The standard InChI is InChI=1S/C19H24N2O4S/c1-24-17-8-9-19(18(12-17)25-2)26(22,23)20-13-15-10-11-21(14-15)16-6-4-3-5-7-16/h3-9,12,15,20H,10-11,13-14H2,1-2H3. The van der Waals surface area contributed by atoms with Gasteiger partial charge in [-0.15, -0.1) is 0 Å². The third-order valence-electron chi connectivity index (χ3n) is 4.63. The van der Waals surface area contributed by atoms with Crippen LogP contribution in [0, 0.1) is 5.92 Å². The summed E-state index contributed by atoms with van der Waals surface area (Å²) in [6.07, 6.45) is 0.956. The van der Waals surface area contributed by atoms with Gasteiger partial charge in [-0.1, -0.05) is 18.2 Å². The molecule has 6 nitrogen and oxygen atoms in total. The van der Waals surface area contributed by atoms with Gasteiger partial charge in [-0.3, -0.25) is 0 Å². The smallest absolute Gasteiger partial charge is 0.244 e. The van der Waals surface area contributed by atoms with Gasteiger partial charge in [0.15, 0.2) is 0 Å². The zero-order valence-electron chi connectivity index (χ0n) is 15.0. The molecule has 0 aromatic heterocycles. The average Bonchev–Trinajstić information content (AvgIpc) is 3.16. The van der Waals surface area contributed by atoms with Crippen molar-refractivity contribution in [2.45, 2.75) is 11.3 Å². The zero-order valence-corrected chi connectivity index (χ0v) is 15.8. The topological polar surface area (TPSA) is 67.9 Å². The Labute approximate surface area is 154 Å². The summed E-state index contributed by atoms with van der Waals surface area (Å²) in [7, 11) is -0.672. The quantitative estimate of drug-likeness (QED) is 0.804. The molecule has 0 spiro atoms. The largest absolute Gasteiger partial charge is 0.497 e. The van der Waals surface area contributed by atoms with Crippen molar-refractivity contribution in [2.24, 2.45) is 5.92 Å². The van der Waals surface area contributed by atoms with E-state index in [-0.39, 0.29) is 16.6 Å². The molecule has 0 amide bonds. The number of rotatable bonds is 7. The van der Waals surface area contributed by atoms with Gasteiger partial charge in [-0.05, 0) is 36.6 Å². The van der Waals surface area contributed by atoms with Crippen molar-refractivity contribution in [3.63, 3.8) is 0 Å². The summed E-state index contributed by atoms with van der Waals surface area (Å²) < 4.78 is 38.4. The monoisotopic (exact) mass is 376 g/mol. The van der Waals surface area contributed by atoms with E-state index in [9.17, 15) is 8.42 Å². The van der Waals surface area contributed by atoms with Crippen LogP contribution in [0.15, 0.2) is 53.4 Å². The van der Waals surface area contributed by atoms with E-state index in [0.29, 0.717) is 12.3 Å². The molecule has 0 saturated carbocycles. The van der Waals surface area contributed by atoms with Gasteiger partial charge in [0, 0.05) is 31.4 Å². The van der Waals surface area contributed by atoms with E-state index < -0.39 is 10.0 Å². The van der Waals surface area contributed by atoms with Crippen molar-refractivity contribution in [3.8, 4) is 11.5 Å². The Morgan fingerprint density at radius 2 is 1.88 bits per heavy atom. The second kappa shape index (κ2) is 7.97. The van der Waals surface area contributed by atoms with Gasteiger partial charge < -0.3 is 14.4 Å². The predicted octanol–water partition coefficient (Wildman–Crippen LogP) is 2.51. The van der Waals surface area contributed by atoms with Gasteiger partial charge in [0.25, 0.3) is 0 Å². The van der Waals surface area contributed by atoms with Crippen LogP contribution in [0.2, 0.25) is 0 Å². The first-order chi connectivity index (χ1) is 12.5. The molecule has 1 unspecified atom stereocenters. The van der Waals surface area contributed by atoms with E-state index in [4.69, 9.17) is 9.47 Å². The van der Waals surface area contributed by atoms with E-state index in [0.717, 1.165) is 19.5 Å². The van der Waals surface area contributed by atoms with Gasteiger partial charge in [-0.2, -0.15) is 0 Å². The molecular formula is C19H24N2O4S. The summed E-state index contributed by atoms with van der Waals surface area (Å²) in [4.78, 5) is 2.41. The van der Waals surface area contributed by atoms with Crippen LogP contribution >= 0.6 is 0 Å². The fourth-order valence-corrected chi connectivity index (χ4v) is 4.44. The number of sulfonamides is 1. The van der Waals surface area contributed by atoms with Crippen LogP contribution < -0.4 is 19.1 Å². The van der Waals surface area contributed by atoms with Crippen LogP contribution in [0.5, 0.6) is 11.5 Å². The summed E-state index contributed by atoms with van der Waals surface area (Å²) >= 11 is 0. The molecule has 1 fully saturated rings. The van der Waals surface area contributed by atoms with Crippen LogP contribution in [0.4, 0.5) is 5.69 Å². The highest BCUT2D eigenvalue weighted by Crippen LogP contribution is 2.29. The summed E-state index contributed by atoms with van der Waals surface area (Å²) in [5.74, 6) is 1.10. The Balaban J connectivity index is 1.64. The SMILES string of the molecule is COc1ccc(S(=O)(=O)NCC2CCN(c3ccccc3)C2)c(OC)c1. The lowest BCUT2D eigenvalue weighted by Gasteiger charge is -2.19. The van der Waals surface area contributed by atoms with Gasteiger partial charge >= 0.3 is 0 Å². The van der Waals surface area contributed by atoms with Crippen molar-refractivity contribution >= 4 is 15.7 Å². The van der Waals surface area contributed by atoms with Gasteiger partial charge in [0.05, 0.1) is 14.2 Å². The minimum absolute atomic E-state index is 0.124. The van der Waals surface area contributed by atoms with Crippen LogP contribution in [0.25, 0.3) is 0 Å². The average molecular weight is 376 g/mol. The highest BCUT2D eigenvalue weighted by Gasteiger charge is 2.26. The molecule has 0 bridgehead atoms. The lowest BCUT2D eigenvalue weighted by atomic mass is 10.1. The number of nitrogens with zero attached hydrogens (tertiary/aromatic N) is 1. The number of methoxy groups -OCH3 is 2. The van der Waals surface area contributed by atoms with E-state index >= 15 is 0 Å². The molecule has 1 heterocycles. The molecule has 1 atom stereocenters.